The molecule has 2 heterocycles. The number of benzene rings is 2. The smallest absolute Gasteiger partial charge is 0.475 e. The van der Waals surface area contributed by atoms with E-state index >= 15 is 0 Å². The number of carbonyl (C=O) groups is 2. The van der Waals surface area contributed by atoms with Crippen LogP contribution < -0.4 is 10.8 Å². The fourth-order valence-corrected chi connectivity index (χ4v) is 5.57. The zero-order valence-corrected chi connectivity index (χ0v) is 25.3. The minimum Gasteiger partial charge on any atom is -0.475 e. The normalized spacial score (nSPS) is 18.6. The molecular weight excluding hydrogens is 630 g/mol. The molecule has 1 saturated carbocycles. The van der Waals surface area contributed by atoms with Crippen molar-refractivity contribution in [2.24, 2.45) is 5.92 Å². The van der Waals surface area contributed by atoms with Gasteiger partial charge in [-0.1, -0.05) is 42.5 Å². The summed E-state index contributed by atoms with van der Waals surface area (Å²) in [6.07, 6.45) is -2.67. The van der Waals surface area contributed by atoms with Gasteiger partial charge in [-0.2, -0.15) is 26.3 Å². The number of carboxylic acid groups (broad SMARTS) is 1. The zero-order chi connectivity index (χ0) is 34.2. The molecule has 1 aromatic heterocycles. The molecule has 0 radical (unpaired) electrons. The number of hydrogen-bond acceptors (Lipinski definition) is 6. The van der Waals surface area contributed by atoms with Crippen LogP contribution in [0.3, 0.4) is 0 Å². The molecule has 47 heavy (non-hydrogen) atoms. The third kappa shape index (κ3) is 10.8. The summed E-state index contributed by atoms with van der Waals surface area (Å²) >= 11 is 0. The minimum atomic E-state index is -5.08. The molecule has 254 valence electrons. The molecule has 8 nitrogen and oxygen atoms in total. The second-order valence-corrected chi connectivity index (χ2v) is 11.7. The lowest BCUT2D eigenvalue weighted by molar-refractivity contribution is -0.192. The number of alkyl halides is 6. The first kappa shape index (κ1) is 35.8. The SMILES string of the molecule is O=C(NO)c1ccc(CCCN2CCC(CNC3CC3c3ccc(-c4ccc(C(F)(F)F)nc4)cc3)CC2)cc1.O=C(O)C(F)(F)F. The topological polar surface area (TPSA) is 115 Å². The van der Waals surface area contributed by atoms with Gasteiger partial charge in [0.15, 0.2) is 0 Å². The number of rotatable bonds is 10. The van der Waals surface area contributed by atoms with Crippen molar-refractivity contribution in [3.8, 4) is 11.1 Å². The highest BCUT2D eigenvalue weighted by molar-refractivity contribution is 5.93. The lowest BCUT2D eigenvalue weighted by Crippen LogP contribution is -2.38. The van der Waals surface area contributed by atoms with Gasteiger partial charge in [0.2, 0.25) is 0 Å². The number of nitrogens with one attached hydrogen (secondary N) is 2. The van der Waals surface area contributed by atoms with Gasteiger partial charge >= 0.3 is 18.3 Å². The predicted molar refractivity (Wildman–Crippen MR) is 161 cm³/mol. The molecule has 4 N–H and O–H groups in total. The molecule has 1 saturated heterocycles. The maximum absolute atomic E-state index is 12.8. The molecule has 5 rings (SSSR count). The summed E-state index contributed by atoms with van der Waals surface area (Å²) in [5.74, 6) is -2.07. The Kier molecular flexibility index (Phi) is 12.0. The van der Waals surface area contributed by atoms with Gasteiger partial charge in [0.25, 0.3) is 5.91 Å². The van der Waals surface area contributed by atoms with E-state index < -0.39 is 29.9 Å². The summed E-state index contributed by atoms with van der Waals surface area (Å²) in [6, 6.07) is 18.4. The van der Waals surface area contributed by atoms with Crippen molar-refractivity contribution in [3.05, 3.63) is 89.2 Å². The van der Waals surface area contributed by atoms with E-state index in [1.807, 2.05) is 24.3 Å². The van der Waals surface area contributed by atoms with Crippen molar-refractivity contribution >= 4 is 11.9 Å². The summed E-state index contributed by atoms with van der Waals surface area (Å²) in [6.45, 7) is 4.35. The molecule has 14 heteroatoms. The molecule has 2 fully saturated rings. The number of aromatic nitrogens is 1. The lowest BCUT2D eigenvalue weighted by atomic mass is 9.96. The first-order valence-electron chi connectivity index (χ1n) is 15.2. The molecule has 2 aliphatic rings. The minimum absolute atomic E-state index is 0.451. The van der Waals surface area contributed by atoms with Crippen LogP contribution in [0.4, 0.5) is 26.3 Å². The number of aryl methyl sites for hydroxylation is 1. The van der Waals surface area contributed by atoms with Crippen molar-refractivity contribution in [1.29, 1.82) is 0 Å². The summed E-state index contributed by atoms with van der Waals surface area (Å²) in [4.78, 5) is 26.4. The van der Waals surface area contributed by atoms with E-state index in [9.17, 15) is 31.1 Å². The molecule has 1 aliphatic carbocycles. The molecule has 0 spiro atoms. The van der Waals surface area contributed by atoms with Crippen LogP contribution in [0.1, 0.15) is 58.8 Å². The van der Waals surface area contributed by atoms with E-state index in [4.69, 9.17) is 15.1 Å². The number of pyridine rings is 1. The number of piperidine rings is 1. The highest BCUT2D eigenvalue weighted by atomic mass is 19.4. The van der Waals surface area contributed by atoms with Gasteiger partial charge in [-0.05, 0) is 99.1 Å². The Morgan fingerprint density at radius 2 is 1.51 bits per heavy atom. The van der Waals surface area contributed by atoms with Crippen molar-refractivity contribution in [2.45, 2.75) is 56.4 Å². The number of likely N-dealkylation sites (tertiary alicyclic amines) is 1. The quantitative estimate of drug-likeness (QED) is 0.114. The summed E-state index contributed by atoms with van der Waals surface area (Å²) in [7, 11) is 0. The van der Waals surface area contributed by atoms with Gasteiger partial charge in [0, 0.05) is 29.3 Å². The van der Waals surface area contributed by atoms with E-state index in [2.05, 4.69) is 27.3 Å². The van der Waals surface area contributed by atoms with Crippen LogP contribution >= 0.6 is 0 Å². The van der Waals surface area contributed by atoms with Crippen molar-refractivity contribution < 1.29 is 46.2 Å². The molecule has 1 aliphatic heterocycles. The van der Waals surface area contributed by atoms with Crippen LogP contribution in [-0.2, 0) is 17.4 Å². The third-order valence-corrected chi connectivity index (χ3v) is 8.39. The van der Waals surface area contributed by atoms with Crippen molar-refractivity contribution in [1.82, 2.24) is 20.7 Å². The largest absolute Gasteiger partial charge is 0.490 e. The molecule has 0 bridgehead atoms. The summed E-state index contributed by atoms with van der Waals surface area (Å²) in [5, 5.41) is 19.6. The summed E-state index contributed by atoms with van der Waals surface area (Å²) < 4.78 is 70.0. The van der Waals surface area contributed by atoms with E-state index in [0.717, 1.165) is 57.1 Å². The van der Waals surface area contributed by atoms with E-state index in [0.29, 0.717) is 29.0 Å². The van der Waals surface area contributed by atoms with Gasteiger partial charge in [0.05, 0.1) is 0 Å². The monoisotopic (exact) mass is 666 g/mol. The predicted octanol–water partition coefficient (Wildman–Crippen LogP) is 6.31. The van der Waals surface area contributed by atoms with E-state index in [-0.39, 0.29) is 0 Å². The van der Waals surface area contributed by atoms with Crippen LogP contribution in [0.2, 0.25) is 0 Å². The average Bonchev–Trinajstić information content (AvgIpc) is 3.84. The Hall–Kier alpha value is -4.01. The maximum atomic E-state index is 12.8. The lowest BCUT2D eigenvalue weighted by Gasteiger charge is -2.32. The standard InChI is InChI=1S/C31H35F3N4O2.C2HF3O2/c32-31(33,34)29-12-11-26(20-36-29)23-7-9-24(10-8-23)27-18-28(27)35-19-22-13-16-38(17-14-22)15-1-2-21-3-5-25(6-4-21)30(39)37-40;3-2(4,5)1(6)7/h3-12,20,22,27-28,35,40H,1-2,13-19H2,(H,37,39);(H,6,7). The van der Waals surface area contributed by atoms with Gasteiger partial charge < -0.3 is 15.3 Å². The number of carbonyl (C=O) groups excluding carboxylic acids is 1. The van der Waals surface area contributed by atoms with Gasteiger partial charge in [-0.15, -0.1) is 0 Å². The first-order valence-corrected chi connectivity index (χ1v) is 15.2. The molecule has 1 amide bonds. The number of halogens is 6. The van der Waals surface area contributed by atoms with E-state index in [1.54, 1.807) is 17.6 Å². The van der Waals surface area contributed by atoms with Gasteiger partial charge in [0.1, 0.15) is 5.69 Å². The van der Waals surface area contributed by atoms with Gasteiger partial charge in [-0.25, -0.2) is 10.3 Å². The highest BCUT2D eigenvalue weighted by Gasteiger charge is 2.39. The molecule has 2 aromatic carbocycles. The first-order chi connectivity index (χ1) is 22.2. The second-order valence-electron chi connectivity index (χ2n) is 11.7. The van der Waals surface area contributed by atoms with Crippen LogP contribution in [0, 0.1) is 5.92 Å². The fourth-order valence-electron chi connectivity index (χ4n) is 5.57. The zero-order valence-electron chi connectivity index (χ0n) is 25.3. The Morgan fingerprint density at radius 3 is 2.04 bits per heavy atom. The Balaban J connectivity index is 0.000000644. The average molecular weight is 667 g/mol. The molecule has 2 atom stereocenters. The Morgan fingerprint density at radius 1 is 0.894 bits per heavy atom. The fraction of sp³-hybridized carbons (Fsp3) is 0.424. The third-order valence-electron chi connectivity index (χ3n) is 8.39. The number of hydrogen-bond donors (Lipinski definition) is 4. The highest BCUT2D eigenvalue weighted by Crippen LogP contribution is 2.41. The van der Waals surface area contributed by atoms with E-state index in [1.165, 1.54) is 36.2 Å². The number of amides is 1. The number of aliphatic carboxylic acids is 1. The van der Waals surface area contributed by atoms with Crippen molar-refractivity contribution in [2.75, 3.05) is 26.2 Å². The van der Waals surface area contributed by atoms with Crippen LogP contribution in [-0.4, -0.2) is 70.5 Å². The Bertz CT molecular complexity index is 1460. The molecule has 3 aromatic rings. The second kappa shape index (κ2) is 15.7. The number of hydroxylamine groups is 1. The Labute approximate surface area is 267 Å². The van der Waals surface area contributed by atoms with Gasteiger partial charge in [-0.3, -0.25) is 15.0 Å². The van der Waals surface area contributed by atoms with Crippen molar-refractivity contribution in [3.63, 3.8) is 0 Å². The number of nitrogens with zero attached hydrogens (tertiary/aromatic N) is 2. The van der Waals surface area contributed by atoms with Crippen LogP contribution in [0.5, 0.6) is 0 Å². The summed E-state index contributed by atoms with van der Waals surface area (Å²) in [5.41, 5.74) is 5.24. The maximum Gasteiger partial charge on any atom is 0.490 e. The number of carboxylic acids is 1. The molecular formula is C33H36F6N4O4. The van der Waals surface area contributed by atoms with Crippen LogP contribution in [0.25, 0.3) is 11.1 Å². The van der Waals surface area contributed by atoms with Crippen LogP contribution in [0.15, 0.2) is 66.9 Å². The molecule has 2 unspecified atom stereocenters.